The predicted molar refractivity (Wildman–Crippen MR) is 118 cm³/mol. The summed E-state index contributed by atoms with van der Waals surface area (Å²) in [7, 11) is 2.18. The zero-order valence-electron chi connectivity index (χ0n) is 17.4. The lowest BCUT2D eigenvalue weighted by molar-refractivity contribution is 0.0889. The third-order valence-corrected chi connectivity index (χ3v) is 6.03. The quantitative estimate of drug-likeness (QED) is 0.526. The molecule has 30 heavy (non-hydrogen) atoms. The summed E-state index contributed by atoms with van der Waals surface area (Å²) in [5.41, 5.74) is 7.03. The maximum Gasteiger partial charge on any atom is 0.109 e. The van der Waals surface area contributed by atoms with E-state index in [9.17, 15) is 0 Å². The molecule has 0 amide bonds. The third-order valence-electron chi connectivity index (χ3n) is 6.03. The van der Waals surface area contributed by atoms with Gasteiger partial charge in [-0.1, -0.05) is 41.1 Å². The summed E-state index contributed by atoms with van der Waals surface area (Å²) in [6, 6.07) is 17.3. The molecule has 0 saturated carbocycles. The normalized spacial score (nSPS) is 18.1. The van der Waals surface area contributed by atoms with Gasteiger partial charge in [0, 0.05) is 50.3 Å². The molecular weight excluding hydrogens is 372 g/mol. The smallest absolute Gasteiger partial charge is 0.109 e. The van der Waals surface area contributed by atoms with Gasteiger partial charge < -0.3 is 0 Å². The average molecular weight is 399 g/mol. The van der Waals surface area contributed by atoms with Gasteiger partial charge in [-0.2, -0.15) is 0 Å². The van der Waals surface area contributed by atoms with Crippen molar-refractivity contribution in [2.24, 2.45) is 0 Å². The van der Waals surface area contributed by atoms with Crippen molar-refractivity contribution < 1.29 is 0 Å². The van der Waals surface area contributed by atoms with E-state index in [0.717, 1.165) is 43.0 Å². The van der Waals surface area contributed by atoms with E-state index in [1.807, 2.05) is 16.9 Å². The van der Waals surface area contributed by atoms with Gasteiger partial charge in [0.05, 0.1) is 11.6 Å². The van der Waals surface area contributed by atoms with Gasteiger partial charge in [0.1, 0.15) is 5.69 Å². The van der Waals surface area contributed by atoms with Crippen LogP contribution in [0.3, 0.4) is 0 Å². The van der Waals surface area contributed by atoms with Crippen molar-refractivity contribution in [3.8, 4) is 11.1 Å². The van der Waals surface area contributed by atoms with E-state index in [4.69, 9.17) is 0 Å². The van der Waals surface area contributed by atoms with E-state index in [1.54, 1.807) is 0 Å². The standard InChI is InChI=1S/C24H26N6/c1-18-3-5-20(6-4-18)21-7-8-22-24(26-27-30(22)16-21)23-17-29(14-13-28(23)2)15-19-9-11-25-12-10-19/h3-12,16,23H,13-15,17H2,1-2H3/t23-/m0/s1. The zero-order valence-corrected chi connectivity index (χ0v) is 17.4. The Morgan fingerprint density at radius 3 is 2.50 bits per heavy atom. The van der Waals surface area contributed by atoms with Gasteiger partial charge in [-0.25, -0.2) is 4.52 Å². The topological polar surface area (TPSA) is 49.6 Å². The second kappa shape index (κ2) is 7.97. The summed E-state index contributed by atoms with van der Waals surface area (Å²) in [4.78, 5) is 9.01. The first kappa shape index (κ1) is 18.9. The molecule has 0 radical (unpaired) electrons. The van der Waals surface area contributed by atoms with Gasteiger partial charge >= 0.3 is 0 Å². The molecule has 4 heterocycles. The van der Waals surface area contributed by atoms with Crippen molar-refractivity contribution in [3.05, 3.63) is 83.9 Å². The third kappa shape index (κ3) is 3.72. The number of piperazine rings is 1. The van der Waals surface area contributed by atoms with Crippen molar-refractivity contribution in [1.29, 1.82) is 0 Å². The highest BCUT2D eigenvalue weighted by molar-refractivity contribution is 5.66. The van der Waals surface area contributed by atoms with Crippen LogP contribution in [0.4, 0.5) is 0 Å². The molecule has 0 spiro atoms. The number of likely N-dealkylation sites (N-methyl/N-ethyl adjacent to an activating group) is 1. The highest BCUT2D eigenvalue weighted by Gasteiger charge is 2.29. The number of benzene rings is 1. The zero-order chi connectivity index (χ0) is 20.5. The van der Waals surface area contributed by atoms with E-state index in [1.165, 1.54) is 16.7 Å². The molecule has 1 saturated heterocycles. The largest absolute Gasteiger partial charge is 0.296 e. The summed E-state index contributed by atoms with van der Waals surface area (Å²) >= 11 is 0. The number of nitrogens with zero attached hydrogens (tertiary/aromatic N) is 6. The minimum atomic E-state index is 0.225. The highest BCUT2D eigenvalue weighted by Crippen LogP contribution is 2.28. The minimum Gasteiger partial charge on any atom is -0.296 e. The fourth-order valence-electron chi connectivity index (χ4n) is 4.18. The number of hydrogen-bond acceptors (Lipinski definition) is 5. The van der Waals surface area contributed by atoms with Gasteiger partial charge in [-0.15, -0.1) is 5.10 Å². The molecule has 0 unspecified atom stereocenters. The van der Waals surface area contributed by atoms with Crippen molar-refractivity contribution in [3.63, 3.8) is 0 Å². The highest BCUT2D eigenvalue weighted by atomic mass is 15.4. The fraction of sp³-hybridized carbons (Fsp3) is 0.292. The first-order valence-corrected chi connectivity index (χ1v) is 10.4. The number of hydrogen-bond donors (Lipinski definition) is 0. The second-order valence-corrected chi connectivity index (χ2v) is 8.18. The van der Waals surface area contributed by atoms with Crippen LogP contribution in [0.1, 0.15) is 22.9 Å². The van der Waals surface area contributed by atoms with Crippen LogP contribution in [-0.2, 0) is 6.54 Å². The van der Waals surface area contributed by atoms with E-state index >= 15 is 0 Å². The molecule has 6 nitrogen and oxygen atoms in total. The van der Waals surface area contributed by atoms with E-state index < -0.39 is 0 Å². The van der Waals surface area contributed by atoms with E-state index in [-0.39, 0.29) is 6.04 Å². The molecular formula is C24H26N6. The van der Waals surface area contributed by atoms with Crippen molar-refractivity contribution in [1.82, 2.24) is 29.6 Å². The summed E-state index contributed by atoms with van der Waals surface area (Å²) in [5.74, 6) is 0. The number of pyridine rings is 2. The van der Waals surface area contributed by atoms with Gasteiger partial charge in [-0.05, 0) is 43.3 Å². The van der Waals surface area contributed by atoms with E-state index in [0.29, 0.717) is 0 Å². The molecule has 5 rings (SSSR count). The van der Waals surface area contributed by atoms with Crippen LogP contribution >= 0.6 is 0 Å². The Hall–Kier alpha value is -3.09. The van der Waals surface area contributed by atoms with Crippen molar-refractivity contribution >= 4 is 5.52 Å². The second-order valence-electron chi connectivity index (χ2n) is 8.18. The molecule has 152 valence electrons. The number of aryl methyl sites for hydroxylation is 1. The molecule has 4 aromatic rings. The SMILES string of the molecule is Cc1ccc(-c2ccc3c([C@@H]4CN(Cc5ccncc5)CCN4C)nnn3c2)cc1. The first-order valence-electron chi connectivity index (χ1n) is 10.4. The maximum atomic E-state index is 4.59. The molecule has 1 atom stereocenters. The summed E-state index contributed by atoms with van der Waals surface area (Å²) in [6.07, 6.45) is 5.80. The van der Waals surface area contributed by atoms with Gasteiger partial charge in [0.25, 0.3) is 0 Å². The van der Waals surface area contributed by atoms with Crippen LogP contribution in [0.15, 0.2) is 67.1 Å². The van der Waals surface area contributed by atoms with E-state index in [2.05, 4.69) is 93.8 Å². The minimum absolute atomic E-state index is 0.225. The summed E-state index contributed by atoms with van der Waals surface area (Å²) < 4.78 is 1.92. The first-order chi connectivity index (χ1) is 14.7. The van der Waals surface area contributed by atoms with Crippen LogP contribution < -0.4 is 0 Å². The molecule has 1 fully saturated rings. The van der Waals surface area contributed by atoms with Gasteiger partial charge in [-0.3, -0.25) is 14.8 Å². The Kier molecular flexibility index (Phi) is 5.02. The molecule has 3 aromatic heterocycles. The Balaban J connectivity index is 1.41. The van der Waals surface area contributed by atoms with Crippen molar-refractivity contribution in [2.75, 3.05) is 26.7 Å². The number of fused-ring (bicyclic) bond motifs is 1. The Labute approximate surface area is 176 Å². The lowest BCUT2D eigenvalue weighted by atomic mass is 10.0. The monoisotopic (exact) mass is 398 g/mol. The summed E-state index contributed by atoms with van der Waals surface area (Å²) in [5, 5.41) is 9.05. The van der Waals surface area contributed by atoms with Crippen LogP contribution in [-0.4, -0.2) is 56.3 Å². The molecule has 1 aromatic carbocycles. The van der Waals surface area contributed by atoms with Gasteiger partial charge in [0.2, 0.25) is 0 Å². The van der Waals surface area contributed by atoms with Crippen LogP contribution in [0.5, 0.6) is 0 Å². The van der Waals surface area contributed by atoms with Gasteiger partial charge in [0.15, 0.2) is 0 Å². The summed E-state index contributed by atoms with van der Waals surface area (Å²) in [6.45, 7) is 6.04. The molecule has 6 heteroatoms. The molecule has 1 aliphatic rings. The molecule has 0 aliphatic carbocycles. The molecule has 0 N–H and O–H groups in total. The Morgan fingerprint density at radius 1 is 0.933 bits per heavy atom. The average Bonchev–Trinajstić information content (AvgIpc) is 3.19. The fourth-order valence-corrected chi connectivity index (χ4v) is 4.18. The Morgan fingerprint density at radius 2 is 1.70 bits per heavy atom. The van der Waals surface area contributed by atoms with Crippen molar-refractivity contribution in [2.45, 2.75) is 19.5 Å². The number of aromatic nitrogens is 4. The Bertz CT molecular complexity index is 1140. The van der Waals surface area contributed by atoms with Crippen LogP contribution in [0.25, 0.3) is 16.6 Å². The lowest BCUT2D eigenvalue weighted by Gasteiger charge is -2.38. The molecule has 0 bridgehead atoms. The molecule has 1 aliphatic heterocycles. The number of rotatable bonds is 4. The van der Waals surface area contributed by atoms with Crippen LogP contribution in [0, 0.1) is 6.92 Å². The lowest BCUT2D eigenvalue weighted by Crippen LogP contribution is -2.46. The predicted octanol–water partition coefficient (Wildman–Crippen LogP) is 3.59. The maximum absolute atomic E-state index is 4.59. The van der Waals surface area contributed by atoms with Crippen LogP contribution in [0.2, 0.25) is 0 Å².